The summed E-state index contributed by atoms with van der Waals surface area (Å²) in [5.74, 6) is 0.0437. The fourth-order valence-electron chi connectivity index (χ4n) is 7.53. The Labute approximate surface area is 261 Å². The number of hydrogen-bond acceptors (Lipinski definition) is 8. The van der Waals surface area contributed by atoms with Gasteiger partial charge in [0.1, 0.15) is 23.7 Å². The number of carbonyl (C=O) groups excluding carboxylic acids is 3. The second kappa shape index (κ2) is 13.4. The molecule has 1 saturated carbocycles. The molecule has 1 aliphatic carbocycles. The van der Waals surface area contributed by atoms with Gasteiger partial charge in [-0.05, 0) is 75.3 Å². The molecule has 0 radical (unpaired) electrons. The smallest absolute Gasteiger partial charge is 0.306 e. The summed E-state index contributed by atoms with van der Waals surface area (Å²) in [6.45, 7) is 9.73. The minimum Gasteiger partial charge on any atom is -0.497 e. The molecule has 2 aliphatic heterocycles. The fraction of sp³-hybridized carbons (Fsp3) is 0.686. The van der Waals surface area contributed by atoms with Crippen LogP contribution in [-0.4, -0.2) is 64.4 Å². The first-order valence-electron chi connectivity index (χ1n) is 16.5. The maximum absolute atomic E-state index is 14.4. The Morgan fingerprint density at radius 3 is 2.48 bits per heavy atom. The van der Waals surface area contributed by atoms with Gasteiger partial charge < -0.3 is 19.1 Å². The molecule has 9 heteroatoms. The Kier molecular flexibility index (Phi) is 9.80. The molecule has 44 heavy (non-hydrogen) atoms. The van der Waals surface area contributed by atoms with Gasteiger partial charge in [0, 0.05) is 12.0 Å². The van der Waals surface area contributed by atoms with E-state index in [9.17, 15) is 14.4 Å². The van der Waals surface area contributed by atoms with E-state index >= 15 is 0 Å². The van der Waals surface area contributed by atoms with Gasteiger partial charge in [-0.2, -0.15) is 0 Å². The van der Waals surface area contributed by atoms with Crippen molar-refractivity contribution >= 4 is 28.7 Å². The summed E-state index contributed by atoms with van der Waals surface area (Å²) in [6, 6.07) is 5.00. The number of amides is 1. The SMILES string of the molecule is CC[C@@H]1[C@@H]2CN(C(=O)[C@H](C(C)(C)C)CC(=O)O[C@@H]3CCC[C@H]3CCCCCc3nc4ccc(OC)cc4nc3O2)[C@@H]1C(C)=O. The van der Waals surface area contributed by atoms with Gasteiger partial charge in [0.2, 0.25) is 11.8 Å². The van der Waals surface area contributed by atoms with E-state index < -0.39 is 23.5 Å². The van der Waals surface area contributed by atoms with Crippen molar-refractivity contribution in [3.05, 3.63) is 23.9 Å². The van der Waals surface area contributed by atoms with Crippen LogP contribution in [0.4, 0.5) is 0 Å². The number of carbonyl (C=O) groups is 3. The van der Waals surface area contributed by atoms with Crippen LogP contribution in [0.1, 0.15) is 98.1 Å². The van der Waals surface area contributed by atoms with E-state index in [4.69, 9.17) is 24.2 Å². The Morgan fingerprint density at radius 2 is 1.77 bits per heavy atom. The van der Waals surface area contributed by atoms with Gasteiger partial charge in [0.15, 0.2) is 5.78 Å². The van der Waals surface area contributed by atoms with Crippen LogP contribution >= 0.6 is 0 Å². The van der Waals surface area contributed by atoms with Gasteiger partial charge in [0.25, 0.3) is 0 Å². The standard InChI is InChI=1S/C35H49N3O6/c1-7-24-30-20-38(32(24)21(2)39)34(41)25(35(3,4)5)19-31(40)43-29-15-11-13-22(29)12-9-8-10-14-27-33(44-30)37-28-18-23(42-6)16-17-26(28)36-27/h16-18,22,24-25,29-30,32H,7-15,19-20H2,1-6H3/t22-,24-,25-,29-,30+,32-/m1/s1. The lowest BCUT2D eigenvalue weighted by Crippen LogP contribution is -2.48. The number of hydrogen-bond donors (Lipinski definition) is 0. The van der Waals surface area contributed by atoms with Crippen molar-refractivity contribution in [2.75, 3.05) is 13.7 Å². The fourth-order valence-corrected chi connectivity index (χ4v) is 7.53. The van der Waals surface area contributed by atoms with E-state index in [-0.39, 0.29) is 42.6 Å². The molecule has 0 N–H and O–H groups in total. The number of methoxy groups -OCH3 is 1. The molecule has 9 nitrogen and oxygen atoms in total. The molecule has 5 rings (SSSR count). The highest BCUT2D eigenvalue weighted by atomic mass is 16.5. The highest BCUT2D eigenvalue weighted by Crippen LogP contribution is 2.39. The number of aromatic nitrogens is 2. The quantitative estimate of drug-likeness (QED) is 0.386. The number of aryl methyl sites for hydroxylation is 1. The van der Waals surface area contributed by atoms with Crippen LogP contribution in [0.3, 0.4) is 0 Å². The average Bonchev–Trinajstić information content (AvgIpc) is 3.58. The van der Waals surface area contributed by atoms with Crippen LogP contribution in [0.5, 0.6) is 11.6 Å². The normalized spacial score (nSPS) is 28.8. The van der Waals surface area contributed by atoms with Gasteiger partial charge in [-0.25, -0.2) is 9.97 Å². The molecule has 6 atom stereocenters. The molecular formula is C35H49N3O6. The van der Waals surface area contributed by atoms with Crippen molar-refractivity contribution in [2.45, 2.75) is 117 Å². The van der Waals surface area contributed by atoms with Crippen LogP contribution in [0, 0.1) is 23.2 Å². The number of ether oxygens (including phenoxy) is 3. The Balaban J connectivity index is 1.54. The molecule has 2 bridgehead atoms. The summed E-state index contributed by atoms with van der Waals surface area (Å²) in [7, 11) is 1.62. The van der Waals surface area contributed by atoms with E-state index in [2.05, 4.69) is 0 Å². The second-order valence-electron chi connectivity index (χ2n) is 14.0. The van der Waals surface area contributed by atoms with Gasteiger partial charge in [-0.1, -0.05) is 40.5 Å². The molecule has 3 aliphatic rings. The van der Waals surface area contributed by atoms with Crippen molar-refractivity contribution < 1.29 is 28.6 Å². The molecular weight excluding hydrogens is 558 g/mol. The summed E-state index contributed by atoms with van der Waals surface area (Å²) < 4.78 is 18.2. The third kappa shape index (κ3) is 6.86. The minimum absolute atomic E-state index is 0.00285. The van der Waals surface area contributed by atoms with Crippen LogP contribution in [0.25, 0.3) is 11.0 Å². The lowest BCUT2D eigenvalue weighted by molar-refractivity contribution is -0.158. The third-order valence-electron chi connectivity index (χ3n) is 10.0. The van der Waals surface area contributed by atoms with Gasteiger partial charge >= 0.3 is 5.97 Å². The van der Waals surface area contributed by atoms with Crippen LogP contribution in [0.2, 0.25) is 0 Å². The molecule has 0 spiro atoms. The first-order valence-corrected chi connectivity index (χ1v) is 16.5. The van der Waals surface area contributed by atoms with Crippen molar-refractivity contribution in [2.24, 2.45) is 23.2 Å². The summed E-state index contributed by atoms with van der Waals surface area (Å²) in [4.78, 5) is 52.4. The largest absolute Gasteiger partial charge is 0.497 e. The van der Waals surface area contributed by atoms with Crippen molar-refractivity contribution in [1.29, 1.82) is 0 Å². The summed E-state index contributed by atoms with van der Waals surface area (Å²) >= 11 is 0. The topological polar surface area (TPSA) is 108 Å². The maximum Gasteiger partial charge on any atom is 0.306 e. The monoisotopic (exact) mass is 607 g/mol. The minimum atomic E-state index is -0.642. The Bertz CT molecular complexity index is 1370. The molecule has 2 aromatic rings. The molecule has 2 fully saturated rings. The van der Waals surface area contributed by atoms with Crippen molar-refractivity contribution in [3.63, 3.8) is 0 Å². The number of esters is 1. The molecule has 0 unspecified atom stereocenters. The number of ketones is 1. The molecule has 1 amide bonds. The average molecular weight is 608 g/mol. The van der Waals surface area contributed by atoms with E-state index in [1.807, 2.05) is 45.9 Å². The predicted molar refractivity (Wildman–Crippen MR) is 167 cm³/mol. The number of rotatable bonds is 3. The summed E-state index contributed by atoms with van der Waals surface area (Å²) in [5, 5.41) is 0. The first kappa shape index (κ1) is 32.2. The maximum atomic E-state index is 14.4. The van der Waals surface area contributed by atoms with E-state index in [0.29, 0.717) is 35.9 Å². The number of benzene rings is 1. The van der Waals surface area contributed by atoms with Crippen LogP contribution in [-0.2, 0) is 25.5 Å². The van der Waals surface area contributed by atoms with Crippen LogP contribution in [0.15, 0.2) is 18.2 Å². The van der Waals surface area contributed by atoms with E-state index in [0.717, 1.165) is 56.2 Å². The molecule has 240 valence electrons. The van der Waals surface area contributed by atoms with E-state index in [1.54, 1.807) is 18.9 Å². The summed E-state index contributed by atoms with van der Waals surface area (Å²) in [6.07, 6.45) is 7.83. The van der Waals surface area contributed by atoms with Gasteiger partial charge in [-0.15, -0.1) is 0 Å². The molecule has 1 saturated heterocycles. The number of Topliss-reactive ketones (excluding diaryl/α,β-unsaturated/α-hetero) is 1. The first-order chi connectivity index (χ1) is 21.0. The molecule has 1 aromatic heterocycles. The van der Waals surface area contributed by atoms with Gasteiger partial charge in [-0.3, -0.25) is 14.4 Å². The van der Waals surface area contributed by atoms with E-state index in [1.165, 1.54) is 0 Å². The zero-order valence-corrected chi connectivity index (χ0v) is 27.3. The summed E-state index contributed by atoms with van der Waals surface area (Å²) in [5.41, 5.74) is 1.73. The number of nitrogens with zero attached hydrogens (tertiary/aromatic N) is 3. The van der Waals surface area contributed by atoms with Crippen LogP contribution < -0.4 is 9.47 Å². The highest BCUT2D eigenvalue weighted by Gasteiger charge is 2.50. The van der Waals surface area contributed by atoms with Crippen molar-refractivity contribution in [3.8, 4) is 11.6 Å². The predicted octanol–water partition coefficient (Wildman–Crippen LogP) is 6.09. The lowest BCUT2D eigenvalue weighted by atomic mass is 9.77. The second-order valence-corrected chi connectivity index (χ2v) is 14.0. The Morgan fingerprint density at radius 1 is 1.00 bits per heavy atom. The molecule has 1 aromatic carbocycles. The Hall–Kier alpha value is -3.23. The van der Waals surface area contributed by atoms with Crippen molar-refractivity contribution in [1.82, 2.24) is 14.9 Å². The van der Waals surface area contributed by atoms with Gasteiger partial charge in [0.05, 0.1) is 43.1 Å². The lowest BCUT2D eigenvalue weighted by Gasteiger charge is -2.35. The zero-order chi connectivity index (χ0) is 31.6. The zero-order valence-electron chi connectivity index (χ0n) is 27.3. The number of fused-ring (bicyclic) bond motifs is 5. The third-order valence-corrected chi connectivity index (χ3v) is 10.0. The highest BCUT2D eigenvalue weighted by molar-refractivity contribution is 5.91. The molecule has 3 heterocycles.